The van der Waals surface area contributed by atoms with Gasteiger partial charge in [-0.15, -0.1) is 10.2 Å². The summed E-state index contributed by atoms with van der Waals surface area (Å²) in [5.41, 5.74) is 4.51. The molecule has 0 spiro atoms. The van der Waals surface area contributed by atoms with Gasteiger partial charge in [0.2, 0.25) is 0 Å². The van der Waals surface area contributed by atoms with E-state index in [-0.39, 0.29) is 108 Å². The standard InChI is InChI=1S/C30H22N6O6S2.2K/c37-41-42-43-29-17-25(35-31-19-27(33-35)21-7-3-1-4-8-21)15-13-23(29)11-12-24-14-16-26(18-30(24)44(38,39)40)36-32-20-28(34-36)22-9-5-2-6-10-22;;/h1-20,37H,(H,38,39,40);;/q;2*+1/p-2/b12-11+;;. The Labute approximate surface area is 353 Å². The summed E-state index contributed by atoms with van der Waals surface area (Å²) in [5, 5.41) is 31.6. The van der Waals surface area contributed by atoms with Crippen molar-refractivity contribution in [3.05, 3.63) is 121 Å². The molecule has 0 amide bonds. The molecule has 12 nitrogen and oxygen atoms in total. The monoisotopic (exact) mass is 702 g/mol. The van der Waals surface area contributed by atoms with Gasteiger partial charge in [-0.05, 0) is 35.4 Å². The average molecular weight is 703 g/mol. The normalized spacial score (nSPS) is 11.3. The van der Waals surface area contributed by atoms with Gasteiger partial charge in [0.05, 0.1) is 40.7 Å². The molecule has 46 heavy (non-hydrogen) atoms. The van der Waals surface area contributed by atoms with E-state index in [4.69, 9.17) is 0 Å². The van der Waals surface area contributed by atoms with Gasteiger partial charge in [0.1, 0.15) is 21.5 Å². The van der Waals surface area contributed by atoms with Gasteiger partial charge in [-0.2, -0.15) is 24.1 Å². The Morgan fingerprint density at radius 2 is 1.20 bits per heavy atom. The first kappa shape index (κ1) is 37.1. The molecule has 0 fully saturated rings. The fourth-order valence-electron chi connectivity index (χ4n) is 4.35. The molecule has 0 bridgehead atoms. The molecule has 16 heteroatoms. The number of hydrogen-bond acceptors (Lipinski definition) is 11. The van der Waals surface area contributed by atoms with Gasteiger partial charge in [0.25, 0.3) is 0 Å². The molecule has 0 saturated heterocycles. The molecule has 4 aromatic carbocycles. The van der Waals surface area contributed by atoms with Gasteiger partial charge in [-0.25, -0.2) is 8.42 Å². The maximum absolute atomic E-state index is 12.3. The van der Waals surface area contributed by atoms with Crippen molar-refractivity contribution in [2.24, 2.45) is 0 Å². The Morgan fingerprint density at radius 1 is 0.696 bits per heavy atom. The first-order chi connectivity index (χ1) is 21.4. The van der Waals surface area contributed by atoms with Crippen LogP contribution >= 0.6 is 12.0 Å². The van der Waals surface area contributed by atoms with E-state index < -0.39 is 15.0 Å². The fourth-order valence-corrected chi connectivity index (χ4v) is 5.54. The quantitative estimate of drug-likeness (QED) is 0.0408. The van der Waals surface area contributed by atoms with Gasteiger partial charge in [-0.1, -0.05) is 84.9 Å². The molecule has 0 N–H and O–H groups in total. The minimum Gasteiger partial charge on any atom is -0.744 e. The summed E-state index contributed by atoms with van der Waals surface area (Å²) < 4.78 is 41.3. The van der Waals surface area contributed by atoms with E-state index in [1.165, 1.54) is 27.8 Å². The molecular formula is C30H20K2N6O6S2. The van der Waals surface area contributed by atoms with E-state index in [2.05, 4.69) is 29.8 Å². The van der Waals surface area contributed by atoms with Crippen LogP contribution in [-0.4, -0.2) is 43.0 Å². The van der Waals surface area contributed by atoms with Gasteiger partial charge in [-0.3, -0.25) is 5.04 Å². The first-order valence-corrected chi connectivity index (χ1v) is 15.1. The summed E-state index contributed by atoms with van der Waals surface area (Å²) in [6, 6.07) is 28.3. The van der Waals surface area contributed by atoms with Gasteiger partial charge < -0.3 is 9.81 Å². The predicted octanol–water partition coefficient (Wildman–Crippen LogP) is -1.50. The van der Waals surface area contributed by atoms with Crippen molar-refractivity contribution in [3.63, 3.8) is 0 Å². The molecule has 0 unspecified atom stereocenters. The number of nitrogens with zero attached hydrogens (tertiary/aromatic N) is 6. The first-order valence-electron chi connectivity index (χ1n) is 12.9. The van der Waals surface area contributed by atoms with Crippen molar-refractivity contribution < 1.29 is 130 Å². The molecule has 0 aliphatic carbocycles. The zero-order valence-corrected chi connectivity index (χ0v) is 32.4. The summed E-state index contributed by atoms with van der Waals surface area (Å²) in [6.07, 6.45) is 6.22. The number of benzene rings is 4. The van der Waals surface area contributed by atoms with E-state index in [1.807, 2.05) is 60.7 Å². The van der Waals surface area contributed by atoms with Crippen molar-refractivity contribution in [3.8, 4) is 33.9 Å². The number of hydrogen-bond donors (Lipinski definition) is 0. The second-order valence-electron chi connectivity index (χ2n) is 9.22. The third-order valence-corrected chi connectivity index (χ3v) is 7.99. The van der Waals surface area contributed by atoms with Crippen molar-refractivity contribution >= 4 is 34.3 Å². The van der Waals surface area contributed by atoms with E-state index in [0.717, 1.165) is 11.1 Å². The van der Waals surface area contributed by atoms with Crippen LogP contribution in [-0.2, 0) is 19.5 Å². The van der Waals surface area contributed by atoms with E-state index in [0.29, 0.717) is 45.3 Å². The SMILES string of the molecule is O=S(=O)([O-])c1cc(-n2ncc(-c3ccccc3)n2)ccc1/C=C/c1ccc(-n2ncc(-c3ccccc3)n2)cc1SOO[O-].[K+].[K+]. The zero-order chi connectivity index (χ0) is 30.5. The van der Waals surface area contributed by atoms with Crippen LogP contribution < -0.4 is 108 Å². The summed E-state index contributed by atoms with van der Waals surface area (Å²) in [7, 11) is -4.88. The molecule has 6 aromatic rings. The van der Waals surface area contributed by atoms with Crippen molar-refractivity contribution in [1.82, 2.24) is 30.0 Å². The van der Waals surface area contributed by atoms with Crippen molar-refractivity contribution in [2.75, 3.05) is 0 Å². The largest absolute Gasteiger partial charge is 1.00 e. The Kier molecular flexibility index (Phi) is 13.8. The predicted molar refractivity (Wildman–Crippen MR) is 159 cm³/mol. The minimum atomic E-state index is -4.88. The molecular weight excluding hydrogens is 683 g/mol. The molecule has 0 atom stereocenters. The Morgan fingerprint density at radius 3 is 1.72 bits per heavy atom. The van der Waals surface area contributed by atoms with Gasteiger partial charge >= 0.3 is 103 Å². The van der Waals surface area contributed by atoms with Crippen LogP contribution in [0.4, 0.5) is 0 Å². The van der Waals surface area contributed by atoms with Gasteiger partial charge in [0.15, 0.2) is 0 Å². The third-order valence-electron chi connectivity index (χ3n) is 6.44. The summed E-state index contributed by atoms with van der Waals surface area (Å²) in [5.74, 6) is 0. The van der Waals surface area contributed by atoms with Crippen molar-refractivity contribution in [2.45, 2.75) is 9.79 Å². The minimum absolute atomic E-state index is 0. The zero-order valence-electron chi connectivity index (χ0n) is 24.5. The number of rotatable bonds is 10. The molecule has 2 heterocycles. The second-order valence-corrected chi connectivity index (χ2v) is 11.3. The Hall–Kier alpha value is -1.69. The number of aromatic nitrogens is 6. The molecule has 0 radical (unpaired) electrons. The Balaban J connectivity index is 0.00000240. The summed E-state index contributed by atoms with van der Waals surface area (Å²) in [4.78, 5) is 2.66. The maximum Gasteiger partial charge on any atom is 1.00 e. The molecule has 0 saturated carbocycles. The second kappa shape index (κ2) is 17.1. The molecule has 0 aliphatic heterocycles. The smallest absolute Gasteiger partial charge is 0.744 e. The van der Waals surface area contributed by atoms with Crippen LogP contribution in [0.15, 0.2) is 119 Å². The molecule has 0 aliphatic rings. The Bertz CT molecular complexity index is 2060. The van der Waals surface area contributed by atoms with Crippen molar-refractivity contribution in [1.29, 1.82) is 0 Å². The van der Waals surface area contributed by atoms with Crippen LogP contribution in [0.5, 0.6) is 0 Å². The van der Waals surface area contributed by atoms with Gasteiger partial charge in [0, 0.05) is 16.0 Å². The third kappa shape index (κ3) is 9.05. The van der Waals surface area contributed by atoms with Crippen LogP contribution in [0.3, 0.4) is 0 Å². The molecule has 6 rings (SSSR count). The fraction of sp³-hybridized carbons (Fsp3) is 0. The molecule has 220 valence electrons. The van der Waals surface area contributed by atoms with E-state index in [9.17, 15) is 18.2 Å². The van der Waals surface area contributed by atoms with E-state index >= 15 is 0 Å². The summed E-state index contributed by atoms with van der Waals surface area (Å²) >= 11 is 0.649. The summed E-state index contributed by atoms with van der Waals surface area (Å²) in [6.45, 7) is 0. The topological polar surface area (TPSA) is 160 Å². The van der Waals surface area contributed by atoms with Crippen LogP contribution in [0.25, 0.3) is 46.0 Å². The maximum atomic E-state index is 12.3. The van der Waals surface area contributed by atoms with Crippen LogP contribution in [0.2, 0.25) is 0 Å². The van der Waals surface area contributed by atoms with Crippen LogP contribution in [0.1, 0.15) is 11.1 Å². The van der Waals surface area contributed by atoms with Crippen LogP contribution in [0, 0.1) is 0 Å². The molecule has 2 aromatic heterocycles. The average Bonchev–Trinajstić information content (AvgIpc) is 3.75. The van der Waals surface area contributed by atoms with E-state index in [1.54, 1.807) is 42.7 Å².